The SMILES string of the molecule is C=CC(Br)=N/C(=C(\C)N)c1nnc(-c2ccc(CBr)cc2C)o1. The van der Waals surface area contributed by atoms with Crippen LogP contribution in [0.3, 0.4) is 0 Å². The van der Waals surface area contributed by atoms with Crippen molar-refractivity contribution in [1.29, 1.82) is 0 Å². The first-order chi connectivity index (χ1) is 11.0. The van der Waals surface area contributed by atoms with E-state index in [0.717, 1.165) is 16.5 Å². The highest BCUT2D eigenvalue weighted by Crippen LogP contribution is 2.27. The van der Waals surface area contributed by atoms with E-state index in [9.17, 15) is 0 Å². The lowest BCUT2D eigenvalue weighted by atomic mass is 10.1. The third-order valence-electron chi connectivity index (χ3n) is 3.06. The average Bonchev–Trinajstić information content (AvgIpc) is 3.00. The van der Waals surface area contributed by atoms with Gasteiger partial charge in [0.15, 0.2) is 0 Å². The molecule has 0 amide bonds. The molecule has 0 radical (unpaired) electrons. The van der Waals surface area contributed by atoms with Crippen LogP contribution in [0.15, 0.2) is 46.0 Å². The summed E-state index contributed by atoms with van der Waals surface area (Å²) in [6, 6.07) is 6.05. The van der Waals surface area contributed by atoms with Crippen molar-refractivity contribution in [2.75, 3.05) is 0 Å². The van der Waals surface area contributed by atoms with Crippen molar-refractivity contribution in [2.45, 2.75) is 19.2 Å². The lowest BCUT2D eigenvalue weighted by molar-refractivity contribution is 0.551. The van der Waals surface area contributed by atoms with Crippen LogP contribution in [0.2, 0.25) is 0 Å². The Morgan fingerprint density at radius 2 is 2.17 bits per heavy atom. The van der Waals surface area contributed by atoms with E-state index in [0.29, 0.717) is 21.9 Å². The Balaban J connectivity index is 2.44. The molecule has 0 aliphatic heterocycles. The minimum absolute atomic E-state index is 0.266. The van der Waals surface area contributed by atoms with E-state index in [1.165, 1.54) is 5.56 Å². The summed E-state index contributed by atoms with van der Waals surface area (Å²) in [5, 5.41) is 8.97. The van der Waals surface area contributed by atoms with Gasteiger partial charge in [0, 0.05) is 16.6 Å². The summed E-state index contributed by atoms with van der Waals surface area (Å²) in [5.74, 6) is 0.699. The molecule has 0 unspecified atom stereocenters. The topological polar surface area (TPSA) is 77.3 Å². The second kappa shape index (κ2) is 7.70. The van der Waals surface area contributed by atoms with Crippen LogP contribution < -0.4 is 5.73 Å². The van der Waals surface area contributed by atoms with Crippen molar-refractivity contribution in [3.8, 4) is 11.5 Å². The molecule has 1 heterocycles. The zero-order chi connectivity index (χ0) is 17.0. The number of hydrogen-bond acceptors (Lipinski definition) is 5. The van der Waals surface area contributed by atoms with Gasteiger partial charge in [0.25, 0.3) is 5.89 Å². The predicted octanol–water partition coefficient (Wildman–Crippen LogP) is 4.57. The van der Waals surface area contributed by atoms with Crippen LogP contribution >= 0.6 is 31.9 Å². The standard InChI is InChI=1S/C16H16Br2N4O/c1-4-13(18)20-14(10(3)19)16-22-21-15(23-16)12-6-5-11(8-17)7-9(12)2/h4-7H,1,8,19H2,2-3H3/b14-10+,20-13?. The normalized spacial score (nSPS) is 13.0. The summed E-state index contributed by atoms with van der Waals surface area (Å²) in [7, 11) is 0. The molecule has 1 aromatic carbocycles. The van der Waals surface area contributed by atoms with Crippen molar-refractivity contribution in [3.63, 3.8) is 0 Å². The Hall–Kier alpha value is -1.73. The molecule has 0 atom stereocenters. The van der Waals surface area contributed by atoms with Crippen molar-refractivity contribution >= 4 is 42.2 Å². The van der Waals surface area contributed by atoms with Crippen LogP contribution in [0.25, 0.3) is 17.2 Å². The van der Waals surface area contributed by atoms with E-state index in [2.05, 4.69) is 59.7 Å². The number of aryl methyl sites for hydroxylation is 1. The number of nitrogens with zero attached hydrogens (tertiary/aromatic N) is 3. The van der Waals surface area contributed by atoms with Gasteiger partial charge >= 0.3 is 0 Å². The quantitative estimate of drug-likeness (QED) is 0.546. The fraction of sp³-hybridized carbons (Fsp3) is 0.188. The summed E-state index contributed by atoms with van der Waals surface area (Å²) in [4.78, 5) is 4.29. The van der Waals surface area contributed by atoms with Crippen LogP contribution in [0.1, 0.15) is 23.9 Å². The molecule has 0 fully saturated rings. The van der Waals surface area contributed by atoms with Crippen molar-refractivity contribution in [3.05, 3.63) is 53.6 Å². The highest BCUT2D eigenvalue weighted by molar-refractivity contribution is 9.18. The monoisotopic (exact) mass is 438 g/mol. The second-order valence-corrected chi connectivity index (χ2v) is 6.24. The van der Waals surface area contributed by atoms with E-state index in [-0.39, 0.29) is 5.89 Å². The zero-order valence-corrected chi connectivity index (χ0v) is 16.0. The van der Waals surface area contributed by atoms with Gasteiger partial charge in [-0.2, -0.15) is 0 Å². The number of benzene rings is 1. The molecule has 0 bridgehead atoms. The fourth-order valence-corrected chi connectivity index (χ4v) is 2.46. The molecule has 1 aromatic heterocycles. The lowest BCUT2D eigenvalue weighted by Gasteiger charge is -2.03. The first-order valence-corrected chi connectivity index (χ1v) is 8.70. The molecule has 7 heteroatoms. The molecule has 0 saturated carbocycles. The summed E-state index contributed by atoms with van der Waals surface area (Å²) in [6.45, 7) is 7.36. The van der Waals surface area contributed by atoms with Gasteiger partial charge in [-0.15, -0.1) is 10.2 Å². The minimum Gasteiger partial charge on any atom is -0.415 e. The molecule has 0 aliphatic carbocycles. The first-order valence-electron chi connectivity index (χ1n) is 6.79. The van der Waals surface area contributed by atoms with Crippen LogP contribution in [0.4, 0.5) is 0 Å². The molecule has 0 spiro atoms. The van der Waals surface area contributed by atoms with Gasteiger partial charge in [-0.3, -0.25) is 0 Å². The number of aliphatic imine (C=N–C) groups is 1. The van der Waals surface area contributed by atoms with Gasteiger partial charge < -0.3 is 10.2 Å². The third-order valence-corrected chi connectivity index (χ3v) is 4.21. The smallest absolute Gasteiger partial charge is 0.268 e. The summed E-state index contributed by atoms with van der Waals surface area (Å²) in [5.41, 5.74) is 9.90. The lowest BCUT2D eigenvalue weighted by Crippen LogP contribution is -1.98. The van der Waals surface area contributed by atoms with Crippen LogP contribution in [-0.4, -0.2) is 14.8 Å². The second-order valence-electron chi connectivity index (χ2n) is 4.87. The van der Waals surface area contributed by atoms with Crippen molar-refractivity contribution < 1.29 is 4.42 Å². The van der Waals surface area contributed by atoms with E-state index < -0.39 is 0 Å². The Labute approximate surface area is 151 Å². The number of allylic oxidation sites excluding steroid dienone is 2. The molecular formula is C16H16Br2N4O. The number of alkyl halides is 1. The van der Waals surface area contributed by atoms with Gasteiger partial charge in [0.05, 0.1) is 0 Å². The predicted molar refractivity (Wildman–Crippen MR) is 100 cm³/mol. The molecule has 0 aliphatic rings. The van der Waals surface area contributed by atoms with Gasteiger partial charge in [-0.1, -0.05) is 34.6 Å². The minimum atomic E-state index is 0.266. The first kappa shape index (κ1) is 17.6. The highest BCUT2D eigenvalue weighted by Gasteiger charge is 2.16. The molecular weight excluding hydrogens is 424 g/mol. The number of aromatic nitrogens is 2. The van der Waals surface area contributed by atoms with E-state index in [1.54, 1.807) is 13.0 Å². The summed E-state index contributed by atoms with van der Waals surface area (Å²) >= 11 is 6.71. The Morgan fingerprint density at radius 1 is 1.43 bits per heavy atom. The molecule has 23 heavy (non-hydrogen) atoms. The zero-order valence-electron chi connectivity index (χ0n) is 12.8. The molecule has 120 valence electrons. The molecule has 0 saturated heterocycles. The van der Waals surface area contributed by atoms with E-state index >= 15 is 0 Å². The maximum Gasteiger partial charge on any atom is 0.268 e. The largest absolute Gasteiger partial charge is 0.415 e. The maximum absolute atomic E-state index is 5.87. The van der Waals surface area contributed by atoms with Gasteiger partial charge in [-0.05, 0) is 53.0 Å². The fourth-order valence-electron chi connectivity index (χ4n) is 1.93. The number of rotatable bonds is 5. The molecule has 2 aromatic rings. The number of nitrogens with two attached hydrogens (primary N) is 1. The van der Waals surface area contributed by atoms with Crippen LogP contribution in [-0.2, 0) is 5.33 Å². The molecule has 5 nitrogen and oxygen atoms in total. The Bertz CT molecular complexity index is 789. The summed E-state index contributed by atoms with van der Waals surface area (Å²) < 4.78 is 6.30. The van der Waals surface area contributed by atoms with Gasteiger partial charge in [0.1, 0.15) is 10.3 Å². The van der Waals surface area contributed by atoms with Gasteiger partial charge in [-0.25, -0.2) is 4.99 Å². The van der Waals surface area contributed by atoms with E-state index in [1.807, 2.05) is 19.1 Å². The summed E-state index contributed by atoms with van der Waals surface area (Å²) in [6.07, 6.45) is 1.56. The molecule has 2 N–H and O–H groups in total. The maximum atomic E-state index is 5.87. The third kappa shape index (κ3) is 4.17. The van der Waals surface area contributed by atoms with Crippen LogP contribution in [0.5, 0.6) is 0 Å². The number of hydrogen-bond donors (Lipinski definition) is 1. The van der Waals surface area contributed by atoms with Gasteiger partial charge in [0.2, 0.25) is 5.89 Å². The van der Waals surface area contributed by atoms with Crippen LogP contribution in [0, 0.1) is 6.92 Å². The average molecular weight is 440 g/mol. The van der Waals surface area contributed by atoms with E-state index in [4.69, 9.17) is 10.2 Å². The highest BCUT2D eigenvalue weighted by atomic mass is 79.9. The van der Waals surface area contributed by atoms with Crippen molar-refractivity contribution in [2.24, 2.45) is 10.7 Å². The number of halogens is 2. The Morgan fingerprint density at radius 3 is 2.74 bits per heavy atom. The molecule has 2 rings (SSSR count). The van der Waals surface area contributed by atoms with Crippen molar-refractivity contribution in [1.82, 2.24) is 10.2 Å². The Kier molecular flexibility index (Phi) is 5.90.